The van der Waals surface area contributed by atoms with Crippen LogP contribution in [-0.4, -0.2) is 73.4 Å². The molecule has 364 valence electrons. The molecule has 4 aliphatic rings. The smallest absolute Gasteiger partial charge is 0.381 e. The summed E-state index contributed by atoms with van der Waals surface area (Å²) in [6, 6.07) is 7.04. The van der Waals surface area contributed by atoms with Gasteiger partial charge in [0.2, 0.25) is 0 Å². The molecule has 2 aliphatic heterocycles. The average molecular weight is 952 g/mol. The number of benzene rings is 2. The number of carbonyl (C=O) groups is 2. The highest BCUT2D eigenvalue weighted by molar-refractivity contribution is 7.34. The number of hydrogen-bond acceptors (Lipinski definition) is 11. The van der Waals surface area contributed by atoms with Crippen molar-refractivity contribution >= 4 is 31.4 Å². The van der Waals surface area contributed by atoms with Crippen LogP contribution in [0.5, 0.6) is 11.5 Å². The first-order valence-electron chi connectivity index (χ1n) is 24.7. The second kappa shape index (κ2) is 21.9. The van der Waals surface area contributed by atoms with E-state index >= 15 is 0 Å². The Hall–Kier alpha value is -5.50. The third-order valence-corrected chi connectivity index (χ3v) is 15.4. The van der Waals surface area contributed by atoms with Crippen LogP contribution in [0.15, 0.2) is 33.9 Å². The van der Waals surface area contributed by atoms with Gasteiger partial charge in [-0.05, 0) is 164 Å². The van der Waals surface area contributed by atoms with Gasteiger partial charge in [0.05, 0.1) is 0 Å². The molecule has 68 heavy (non-hydrogen) atoms. The van der Waals surface area contributed by atoms with Gasteiger partial charge in [-0.1, -0.05) is 0 Å². The minimum atomic E-state index is -2.91. The number of rotatable bonds is 16. The Kier molecular flexibility index (Phi) is 15.7. The van der Waals surface area contributed by atoms with E-state index in [9.17, 15) is 23.7 Å². The lowest BCUT2D eigenvalue weighted by Gasteiger charge is -2.36. The van der Waals surface area contributed by atoms with E-state index in [0.717, 1.165) is 133 Å². The lowest BCUT2D eigenvalue weighted by Crippen LogP contribution is -2.40. The summed E-state index contributed by atoms with van der Waals surface area (Å²) < 4.78 is 37.9. The summed E-state index contributed by atoms with van der Waals surface area (Å²) in [5, 5.41) is 6.07. The first-order valence-corrected chi connectivity index (χ1v) is 25.8. The molecular formula is C52H68N6O9P+. The van der Waals surface area contributed by atoms with Crippen molar-refractivity contribution in [3.05, 3.63) is 112 Å². The quantitative estimate of drug-likeness (QED) is 0.0798. The fourth-order valence-corrected chi connectivity index (χ4v) is 11.7. The number of H-pyrrole nitrogens is 2. The number of carbonyl (C=O) groups excluding carboxylic acids is 2. The van der Waals surface area contributed by atoms with Gasteiger partial charge in [-0.25, -0.2) is 9.05 Å². The fraction of sp³-hybridized carbons (Fsp3) is 0.538. The van der Waals surface area contributed by atoms with E-state index < -0.39 is 20.1 Å². The maximum absolute atomic E-state index is 14.3. The van der Waals surface area contributed by atoms with Crippen LogP contribution in [0.3, 0.4) is 0 Å². The van der Waals surface area contributed by atoms with Crippen molar-refractivity contribution in [3.63, 3.8) is 0 Å². The first-order chi connectivity index (χ1) is 32.9. The Morgan fingerprint density at radius 3 is 1.35 bits per heavy atom. The van der Waals surface area contributed by atoms with E-state index in [4.69, 9.17) is 18.5 Å². The molecule has 4 N–H and O–H groups in total. The van der Waals surface area contributed by atoms with E-state index in [1.54, 1.807) is 24.3 Å². The Morgan fingerprint density at radius 2 is 0.985 bits per heavy atom. The molecule has 2 aliphatic carbocycles. The van der Waals surface area contributed by atoms with Gasteiger partial charge in [0.15, 0.2) is 11.5 Å². The zero-order valence-corrected chi connectivity index (χ0v) is 41.5. The normalized spacial score (nSPS) is 16.3. The van der Waals surface area contributed by atoms with Crippen LogP contribution >= 0.6 is 8.25 Å². The third kappa shape index (κ3) is 10.5. The molecule has 0 unspecified atom stereocenters. The van der Waals surface area contributed by atoms with Crippen molar-refractivity contribution in [3.8, 4) is 11.5 Å². The van der Waals surface area contributed by atoms with Gasteiger partial charge in [-0.15, -0.1) is 0 Å². The molecule has 0 atom stereocenters. The number of ether oxygens (including phenoxy) is 2. The Morgan fingerprint density at radius 1 is 0.618 bits per heavy atom. The second-order valence-electron chi connectivity index (χ2n) is 18.7. The maximum atomic E-state index is 14.3. The Labute approximate surface area is 400 Å². The Balaban J connectivity index is 1.10. The van der Waals surface area contributed by atoms with Gasteiger partial charge in [0, 0.05) is 126 Å². The van der Waals surface area contributed by atoms with E-state index in [-0.39, 0.29) is 47.8 Å². The molecule has 2 amide bonds. The standard InChI is InChI=1S/C52H67N6O9P/c1-7-57(35-17-21-64-22-18-35)47-27-37(25-43(31(47)3)49(59)53-29-45-41-15-11-9-13-39(41)33(5)55-51(45)61)66-68(63)67-38-26-44(32(4)48(28-38)58(8-2)36-19-23-65-24-20-36)50(60)54-30-46-42-16-12-10-14-40(42)34(6)56-52(46)62/h25-28,35-36H,7-24,29-30H2,1-6H3,(H3-,53,54,55,56,59,60,61,62)/p+1. The summed E-state index contributed by atoms with van der Waals surface area (Å²) in [4.78, 5) is 65.6. The van der Waals surface area contributed by atoms with Crippen LogP contribution < -0.4 is 40.6 Å². The SMILES string of the molecule is CCN(c1cc(O[P+](=O)Oc2cc(C(=O)NCc3c4c(c(C)[nH]c3=O)CCCC4)c(C)c(N(CC)C3CCOCC3)c2)cc(C(=O)NCc2c3c(c(C)[nH]c2=O)CCCC3)c1C)C1CCOCC1. The maximum Gasteiger partial charge on any atom is 0.805 e. The highest BCUT2D eigenvalue weighted by Gasteiger charge is 2.33. The molecule has 4 heterocycles. The monoisotopic (exact) mass is 951 g/mol. The molecule has 8 rings (SSSR count). The largest absolute Gasteiger partial charge is 0.805 e. The predicted molar refractivity (Wildman–Crippen MR) is 264 cm³/mol. The van der Waals surface area contributed by atoms with Crippen LogP contribution in [0, 0.1) is 27.7 Å². The van der Waals surface area contributed by atoms with Crippen LogP contribution in [0.25, 0.3) is 0 Å². The predicted octanol–water partition coefficient (Wildman–Crippen LogP) is 8.04. The number of fused-ring (bicyclic) bond motifs is 2. The Bertz CT molecular complexity index is 2490. The van der Waals surface area contributed by atoms with Crippen molar-refractivity contribution in [2.75, 3.05) is 49.3 Å². The van der Waals surface area contributed by atoms with Crippen LogP contribution in [0.1, 0.15) is 142 Å². The molecule has 16 heteroatoms. The number of aromatic amines is 2. The van der Waals surface area contributed by atoms with E-state index in [0.29, 0.717) is 61.8 Å². The van der Waals surface area contributed by atoms with E-state index in [1.807, 2.05) is 27.7 Å². The molecule has 0 saturated carbocycles. The van der Waals surface area contributed by atoms with Gasteiger partial charge < -0.3 is 39.9 Å². The van der Waals surface area contributed by atoms with Gasteiger partial charge in [-0.3, -0.25) is 19.2 Å². The van der Waals surface area contributed by atoms with Crippen molar-refractivity contribution in [1.82, 2.24) is 20.6 Å². The molecule has 0 spiro atoms. The summed E-state index contributed by atoms with van der Waals surface area (Å²) in [5.74, 6) is -0.445. The zero-order valence-electron chi connectivity index (χ0n) is 40.6. The number of hydrogen-bond donors (Lipinski definition) is 4. The van der Waals surface area contributed by atoms with Gasteiger partial charge >= 0.3 is 8.25 Å². The van der Waals surface area contributed by atoms with Crippen molar-refractivity contribution in [2.24, 2.45) is 0 Å². The fourth-order valence-electron chi connectivity index (χ4n) is 11.1. The van der Waals surface area contributed by atoms with E-state index in [1.165, 1.54) is 0 Å². The van der Waals surface area contributed by atoms with Crippen LogP contribution in [0.4, 0.5) is 11.4 Å². The van der Waals surface area contributed by atoms with E-state index in [2.05, 4.69) is 44.2 Å². The second-order valence-corrected chi connectivity index (χ2v) is 19.5. The molecule has 0 bridgehead atoms. The molecule has 2 saturated heterocycles. The number of anilines is 2. The number of aromatic nitrogens is 2. The van der Waals surface area contributed by atoms with Crippen LogP contribution in [0.2, 0.25) is 0 Å². The minimum Gasteiger partial charge on any atom is -0.381 e. The lowest BCUT2D eigenvalue weighted by molar-refractivity contribution is 0.0845. The summed E-state index contributed by atoms with van der Waals surface area (Å²) in [6.45, 7) is 15.7. The average Bonchev–Trinajstić information content (AvgIpc) is 3.34. The van der Waals surface area contributed by atoms with Gasteiger partial charge in [0.1, 0.15) is 0 Å². The molecule has 0 radical (unpaired) electrons. The molecule has 2 aromatic heterocycles. The number of amides is 2. The van der Waals surface area contributed by atoms with Gasteiger partial charge in [0.25, 0.3) is 22.9 Å². The summed E-state index contributed by atoms with van der Waals surface area (Å²) in [7, 11) is -2.91. The van der Waals surface area contributed by atoms with Gasteiger partial charge in [-0.2, -0.15) is 0 Å². The molecule has 2 fully saturated rings. The summed E-state index contributed by atoms with van der Waals surface area (Å²) >= 11 is 0. The number of pyridine rings is 2. The number of aryl methyl sites for hydroxylation is 2. The number of nitrogens with one attached hydrogen (secondary N) is 4. The summed E-state index contributed by atoms with van der Waals surface area (Å²) in [6.07, 6.45) is 10.7. The highest BCUT2D eigenvalue weighted by atomic mass is 31.1. The molecule has 15 nitrogen and oxygen atoms in total. The minimum absolute atomic E-state index is 0.0590. The molecule has 4 aromatic rings. The zero-order chi connectivity index (χ0) is 48.1. The third-order valence-electron chi connectivity index (χ3n) is 14.7. The lowest BCUT2D eigenvalue weighted by atomic mass is 9.88. The topological polar surface area (TPSA) is 184 Å². The molecule has 2 aromatic carbocycles. The first kappa shape index (κ1) is 48.9. The van der Waals surface area contributed by atoms with Crippen LogP contribution in [-0.2, 0) is 52.8 Å². The summed E-state index contributed by atoms with van der Waals surface area (Å²) in [5.41, 5.74) is 10.5. The highest BCUT2D eigenvalue weighted by Crippen LogP contribution is 2.40. The van der Waals surface area contributed by atoms with Crippen molar-refractivity contribution < 1.29 is 32.7 Å². The van der Waals surface area contributed by atoms with Crippen molar-refractivity contribution in [2.45, 2.75) is 144 Å². The van der Waals surface area contributed by atoms with Crippen molar-refractivity contribution in [1.29, 1.82) is 0 Å². The molecular weight excluding hydrogens is 884 g/mol. The number of nitrogens with zero attached hydrogens (tertiary/aromatic N) is 2.